The summed E-state index contributed by atoms with van der Waals surface area (Å²) in [6.07, 6.45) is -1.18. The number of benzene rings is 4. The van der Waals surface area contributed by atoms with Crippen LogP contribution < -0.4 is 21.7 Å². The Morgan fingerprint density at radius 3 is 1.89 bits per heavy atom. The van der Waals surface area contributed by atoms with Gasteiger partial charge in [-0.1, -0.05) is 96.6 Å². The van der Waals surface area contributed by atoms with E-state index < -0.39 is 47.9 Å². The number of primary amides is 1. The van der Waals surface area contributed by atoms with Crippen molar-refractivity contribution >= 4 is 23.6 Å². The van der Waals surface area contributed by atoms with Gasteiger partial charge in [-0.15, -0.1) is 0 Å². The summed E-state index contributed by atoms with van der Waals surface area (Å²) in [4.78, 5) is 51.6. The van der Waals surface area contributed by atoms with Crippen LogP contribution in [0.3, 0.4) is 0 Å². The van der Waals surface area contributed by atoms with Gasteiger partial charge in [-0.2, -0.15) is 0 Å². The first kappa shape index (κ1) is 32.9. The SMILES string of the molecule is Cc1ccc(C[C@H](NC(=O)C2OC2C(=O)NCCc2ccc(-c3ccccc3)cc2)C(=O)N[C@@H](Cc2ccc(O)cc2)C(N)=O)cc1. The van der Waals surface area contributed by atoms with Crippen LogP contribution in [0.25, 0.3) is 11.1 Å². The van der Waals surface area contributed by atoms with Gasteiger partial charge < -0.3 is 31.5 Å². The lowest BCUT2D eigenvalue weighted by Gasteiger charge is -2.22. The maximum absolute atomic E-state index is 13.5. The normalized spacial score (nSPS) is 16.4. The minimum absolute atomic E-state index is 0.0670. The number of carbonyl (C=O) groups excluding carboxylic acids is 4. The summed E-state index contributed by atoms with van der Waals surface area (Å²) in [5.74, 6) is -2.31. The molecule has 4 amide bonds. The first-order valence-electron chi connectivity index (χ1n) is 15.5. The number of hydrogen-bond acceptors (Lipinski definition) is 6. The van der Waals surface area contributed by atoms with Gasteiger partial charge in [0.25, 0.3) is 11.8 Å². The zero-order valence-electron chi connectivity index (χ0n) is 26.0. The van der Waals surface area contributed by atoms with Crippen LogP contribution in [-0.4, -0.2) is 59.6 Å². The smallest absolute Gasteiger partial charge is 0.253 e. The molecule has 0 radical (unpaired) electrons. The van der Waals surface area contributed by atoms with E-state index in [1.165, 1.54) is 12.1 Å². The van der Waals surface area contributed by atoms with Crippen LogP contribution in [0.15, 0.2) is 103 Å². The minimum Gasteiger partial charge on any atom is -0.508 e. The number of phenols is 1. The van der Waals surface area contributed by atoms with Gasteiger partial charge in [0.2, 0.25) is 11.8 Å². The third-order valence-electron chi connectivity index (χ3n) is 8.01. The molecule has 4 aromatic rings. The molecule has 0 spiro atoms. The Bertz CT molecular complexity index is 1690. The van der Waals surface area contributed by atoms with Crippen LogP contribution in [0, 0.1) is 6.92 Å². The number of ether oxygens (including phenoxy) is 1. The highest BCUT2D eigenvalue weighted by Gasteiger charge is 2.51. The van der Waals surface area contributed by atoms with E-state index in [4.69, 9.17) is 10.5 Å². The molecule has 0 saturated carbocycles. The molecular weight excluding hydrogens is 596 g/mol. The predicted molar refractivity (Wildman–Crippen MR) is 177 cm³/mol. The molecular formula is C37H38N4O6. The van der Waals surface area contributed by atoms with Gasteiger partial charge in [-0.05, 0) is 53.3 Å². The molecule has 1 fully saturated rings. The molecule has 0 aromatic heterocycles. The Balaban J connectivity index is 1.15. The average molecular weight is 635 g/mol. The lowest BCUT2D eigenvalue weighted by Crippen LogP contribution is -2.55. The van der Waals surface area contributed by atoms with Crippen molar-refractivity contribution in [1.29, 1.82) is 0 Å². The average Bonchev–Trinajstić information content (AvgIpc) is 3.88. The third kappa shape index (κ3) is 9.27. The van der Waals surface area contributed by atoms with Crippen molar-refractivity contribution in [2.45, 2.75) is 50.5 Å². The van der Waals surface area contributed by atoms with E-state index in [2.05, 4.69) is 16.0 Å². The van der Waals surface area contributed by atoms with Gasteiger partial charge in [0.05, 0.1) is 0 Å². The van der Waals surface area contributed by atoms with E-state index in [1.807, 2.05) is 85.8 Å². The molecule has 0 aliphatic carbocycles. The van der Waals surface area contributed by atoms with Crippen molar-refractivity contribution in [3.8, 4) is 16.9 Å². The Labute approximate surface area is 273 Å². The monoisotopic (exact) mass is 634 g/mol. The van der Waals surface area contributed by atoms with Crippen LogP contribution in [0.2, 0.25) is 0 Å². The van der Waals surface area contributed by atoms with Crippen molar-refractivity contribution in [1.82, 2.24) is 16.0 Å². The molecule has 242 valence electrons. The van der Waals surface area contributed by atoms with Crippen LogP contribution in [-0.2, 0) is 43.2 Å². The lowest BCUT2D eigenvalue weighted by molar-refractivity contribution is -0.131. The Morgan fingerprint density at radius 1 is 0.702 bits per heavy atom. The highest BCUT2D eigenvalue weighted by molar-refractivity contribution is 5.97. The fourth-order valence-electron chi connectivity index (χ4n) is 5.22. The van der Waals surface area contributed by atoms with Gasteiger partial charge in [-0.25, -0.2) is 0 Å². The van der Waals surface area contributed by atoms with Gasteiger partial charge >= 0.3 is 0 Å². The summed E-state index contributed by atoms with van der Waals surface area (Å²) in [7, 11) is 0. The van der Waals surface area contributed by atoms with Crippen molar-refractivity contribution in [2.24, 2.45) is 5.73 Å². The van der Waals surface area contributed by atoms with Gasteiger partial charge in [0.1, 0.15) is 17.8 Å². The summed E-state index contributed by atoms with van der Waals surface area (Å²) >= 11 is 0. The number of hydrogen-bond donors (Lipinski definition) is 5. The Morgan fingerprint density at radius 2 is 1.26 bits per heavy atom. The molecule has 1 heterocycles. The second-order valence-electron chi connectivity index (χ2n) is 11.7. The number of aromatic hydroxyl groups is 1. The van der Waals surface area contributed by atoms with Crippen molar-refractivity contribution in [2.75, 3.05) is 6.54 Å². The quantitative estimate of drug-likeness (QED) is 0.134. The summed E-state index contributed by atoms with van der Waals surface area (Å²) in [5, 5.41) is 17.7. The van der Waals surface area contributed by atoms with Gasteiger partial charge in [0.15, 0.2) is 12.2 Å². The largest absolute Gasteiger partial charge is 0.508 e. The molecule has 6 N–H and O–H groups in total. The number of aryl methyl sites for hydroxylation is 1. The first-order valence-corrected chi connectivity index (χ1v) is 15.5. The summed E-state index contributed by atoms with van der Waals surface area (Å²) in [6.45, 7) is 2.31. The number of epoxide rings is 1. The highest BCUT2D eigenvalue weighted by atomic mass is 16.6. The summed E-state index contributed by atoms with van der Waals surface area (Å²) < 4.78 is 5.41. The maximum Gasteiger partial charge on any atom is 0.253 e. The van der Waals surface area contributed by atoms with E-state index in [1.54, 1.807) is 12.1 Å². The predicted octanol–water partition coefficient (Wildman–Crippen LogP) is 2.73. The third-order valence-corrected chi connectivity index (χ3v) is 8.01. The fraction of sp³-hybridized carbons (Fsp3) is 0.243. The second kappa shape index (κ2) is 15.2. The molecule has 1 aliphatic rings. The number of carbonyl (C=O) groups is 4. The number of nitrogens with one attached hydrogen (secondary N) is 3. The molecule has 5 rings (SSSR count). The molecule has 1 saturated heterocycles. The molecule has 4 aromatic carbocycles. The highest BCUT2D eigenvalue weighted by Crippen LogP contribution is 2.23. The Hall–Kier alpha value is -5.48. The number of phenolic OH excluding ortho intramolecular Hbond substituents is 1. The second-order valence-corrected chi connectivity index (χ2v) is 11.7. The van der Waals surface area contributed by atoms with E-state index in [9.17, 15) is 24.3 Å². The van der Waals surface area contributed by atoms with Crippen LogP contribution >= 0.6 is 0 Å². The van der Waals surface area contributed by atoms with Crippen LogP contribution in [0.1, 0.15) is 22.3 Å². The van der Waals surface area contributed by atoms with E-state index in [0.29, 0.717) is 18.5 Å². The number of nitrogens with two attached hydrogens (primary N) is 1. The van der Waals surface area contributed by atoms with E-state index in [-0.39, 0.29) is 18.6 Å². The van der Waals surface area contributed by atoms with Crippen molar-refractivity contribution in [3.05, 3.63) is 125 Å². The van der Waals surface area contributed by atoms with Crippen molar-refractivity contribution < 1.29 is 29.0 Å². The maximum atomic E-state index is 13.5. The molecule has 1 aliphatic heterocycles. The molecule has 47 heavy (non-hydrogen) atoms. The molecule has 10 nitrogen and oxygen atoms in total. The molecule has 0 bridgehead atoms. The van der Waals surface area contributed by atoms with Crippen molar-refractivity contribution in [3.63, 3.8) is 0 Å². The van der Waals surface area contributed by atoms with Gasteiger partial charge in [-0.3, -0.25) is 19.2 Å². The Kier molecular flexibility index (Phi) is 10.6. The fourth-order valence-corrected chi connectivity index (χ4v) is 5.22. The summed E-state index contributed by atoms with van der Waals surface area (Å²) in [5.41, 5.74) is 11.4. The number of rotatable bonds is 14. The lowest BCUT2D eigenvalue weighted by atomic mass is 10.0. The minimum atomic E-state index is -1.07. The van der Waals surface area contributed by atoms with E-state index in [0.717, 1.165) is 27.8 Å². The first-order chi connectivity index (χ1) is 22.7. The topological polar surface area (TPSA) is 163 Å². The standard InChI is InChI=1S/C37H38N4O6/c1-23-7-9-25(10-8-23)22-31(35(44)40-30(34(38)43)21-26-13-17-29(42)18-14-26)41-37(46)33-32(47-33)36(45)39-20-19-24-11-15-28(16-12-24)27-5-3-2-4-6-27/h2-18,30-33,42H,19-22H2,1H3,(H2,38,43)(H,39,45)(H,40,44)(H,41,46)/t30-,31-,32?,33?/m0/s1. The number of amides is 4. The zero-order valence-corrected chi connectivity index (χ0v) is 26.0. The molecule has 10 heteroatoms. The summed E-state index contributed by atoms with van der Waals surface area (Å²) in [6, 6.07) is 29.7. The van der Waals surface area contributed by atoms with E-state index >= 15 is 0 Å². The van der Waals surface area contributed by atoms with Gasteiger partial charge in [0, 0.05) is 19.4 Å². The molecule has 4 atom stereocenters. The molecule has 2 unspecified atom stereocenters. The zero-order chi connectivity index (χ0) is 33.3. The van der Waals surface area contributed by atoms with Crippen LogP contribution in [0.5, 0.6) is 5.75 Å². The van der Waals surface area contributed by atoms with Crippen LogP contribution in [0.4, 0.5) is 0 Å².